The number of hydrogen-bond acceptors (Lipinski definition) is 5. The molecule has 24 heavy (non-hydrogen) atoms. The third-order valence-corrected chi connectivity index (χ3v) is 5.12. The third-order valence-electron chi connectivity index (χ3n) is 3.68. The van der Waals surface area contributed by atoms with Crippen molar-refractivity contribution < 1.29 is 22.7 Å². The van der Waals surface area contributed by atoms with Crippen LogP contribution >= 0.6 is 0 Å². The Morgan fingerprint density at radius 2 is 1.71 bits per heavy atom. The van der Waals surface area contributed by atoms with Crippen molar-refractivity contribution in [2.24, 2.45) is 11.7 Å². The number of amides is 1. The number of carbonyl (C=O) groups excluding carboxylic acids is 2. The lowest BCUT2D eigenvalue weighted by molar-refractivity contribution is -0.156. The van der Waals surface area contributed by atoms with Gasteiger partial charge in [-0.25, -0.2) is 8.42 Å². The smallest absolute Gasteiger partial charge is 0.325 e. The van der Waals surface area contributed by atoms with E-state index < -0.39 is 34.0 Å². The van der Waals surface area contributed by atoms with Gasteiger partial charge in [0.2, 0.25) is 10.0 Å². The fraction of sp³-hybridized carbons (Fsp3) is 0.500. The molecule has 0 heterocycles. The molecule has 1 aromatic rings. The van der Waals surface area contributed by atoms with Crippen LogP contribution in [0.1, 0.15) is 31.9 Å². The highest BCUT2D eigenvalue weighted by Crippen LogP contribution is 2.17. The summed E-state index contributed by atoms with van der Waals surface area (Å²) in [4.78, 5) is 23.2. The van der Waals surface area contributed by atoms with E-state index in [0.717, 1.165) is 11.1 Å². The van der Waals surface area contributed by atoms with Crippen molar-refractivity contribution >= 4 is 21.9 Å². The first-order chi connectivity index (χ1) is 11.0. The summed E-state index contributed by atoms with van der Waals surface area (Å²) in [6, 6.07) is 3.58. The predicted octanol–water partition coefficient (Wildman–Crippen LogP) is 1.02. The van der Waals surface area contributed by atoms with E-state index in [0.29, 0.717) is 0 Å². The van der Waals surface area contributed by atoms with Gasteiger partial charge >= 0.3 is 5.97 Å². The van der Waals surface area contributed by atoms with Gasteiger partial charge < -0.3 is 10.5 Å². The normalized spacial score (nSPS) is 14.2. The van der Waals surface area contributed by atoms with E-state index in [1.165, 1.54) is 19.1 Å². The molecule has 0 saturated carbocycles. The maximum absolute atomic E-state index is 12.5. The number of aryl methyl sites for hydroxylation is 2. The van der Waals surface area contributed by atoms with Gasteiger partial charge in [-0.15, -0.1) is 0 Å². The Bertz CT molecular complexity index is 728. The molecule has 8 heteroatoms. The molecule has 0 aliphatic rings. The molecule has 0 bridgehead atoms. The van der Waals surface area contributed by atoms with Crippen LogP contribution in [0.4, 0.5) is 0 Å². The average molecular weight is 356 g/mol. The number of rotatable bonds is 7. The Morgan fingerprint density at radius 3 is 2.17 bits per heavy atom. The van der Waals surface area contributed by atoms with Gasteiger partial charge in [-0.1, -0.05) is 19.9 Å². The van der Waals surface area contributed by atoms with E-state index in [1.54, 1.807) is 26.8 Å². The van der Waals surface area contributed by atoms with Crippen molar-refractivity contribution in [3.05, 3.63) is 29.3 Å². The van der Waals surface area contributed by atoms with Crippen LogP contribution in [0.3, 0.4) is 0 Å². The lowest BCUT2D eigenvalue weighted by atomic mass is 10.1. The monoisotopic (exact) mass is 356 g/mol. The molecule has 0 radical (unpaired) electrons. The lowest BCUT2D eigenvalue weighted by Crippen LogP contribution is -2.47. The van der Waals surface area contributed by atoms with Gasteiger partial charge in [0.1, 0.15) is 6.04 Å². The molecular weight excluding hydrogens is 332 g/mol. The summed E-state index contributed by atoms with van der Waals surface area (Å²) in [5, 5.41) is 0. The van der Waals surface area contributed by atoms with Crippen molar-refractivity contribution in [3.8, 4) is 0 Å². The zero-order chi connectivity index (χ0) is 18.7. The van der Waals surface area contributed by atoms with Crippen LogP contribution < -0.4 is 10.5 Å². The van der Waals surface area contributed by atoms with E-state index in [4.69, 9.17) is 10.5 Å². The minimum Gasteiger partial charge on any atom is -0.451 e. The maximum Gasteiger partial charge on any atom is 0.325 e. The Kier molecular flexibility index (Phi) is 6.50. The molecule has 0 aliphatic carbocycles. The number of benzene rings is 1. The minimum absolute atomic E-state index is 0.0620. The Morgan fingerprint density at radius 1 is 1.12 bits per heavy atom. The van der Waals surface area contributed by atoms with Gasteiger partial charge in [0.15, 0.2) is 6.10 Å². The van der Waals surface area contributed by atoms with Crippen LogP contribution in [0.5, 0.6) is 0 Å². The van der Waals surface area contributed by atoms with Crippen LogP contribution in [-0.4, -0.2) is 32.4 Å². The number of hydrogen-bond donors (Lipinski definition) is 2. The first-order valence-electron chi connectivity index (χ1n) is 7.55. The Hall–Kier alpha value is -1.93. The first-order valence-corrected chi connectivity index (χ1v) is 9.03. The van der Waals surface area contributed by atoms with Gasteiger partial charge in [-0.05, 0) is 49.9 Å². The predicted molar refractivity (Wildman–Crippen MR) is 89.6 cm³/mol. The topological polar surface area (TPSA) is 116 Å². The van der Waals surface area contributed by atoms with Crippen LogP contribution in [0.25, 0.3) is 0 Å². The maximum atomic E-state index is 12.5. The Labute approximate surface area is 142 Å². The standard InChI is InChI=1S/C16H24N2O5S/c1-9(2)14(16(20)23-12(5)15(17)19)18-24(21,22)13-7-6-10(3)11(4)8-13/h6-9,12,14,18H,1-5H3,(H2,17,19). The molecule has 1 aromatic carbocycles. The van der Waals surface area contributed by atoms with Gasteiger partial charge in [0.05, 0.1) is 4.90 Å². The number of nitrogens with two attached hydrogens (primary N) is 1. The second-order valence-electron chi connectivity index (χ2n) is 6.07. The quantitative estimate of drug-likeness (QED) is 0.708. The summed E-state index contributed by atoms with van der Waals surface area (Å²) in [5.41, 5.74) is 6.84. The number of nitrogens with one attached hydrogen (secondary N) is 1. The van der Waals surface area contributed by atoms with Gasteiger partial charge in [0, 0.05) is 0 Å². The summed E-state index contributed by atoms with van der Waals surface area (Å²) in [5.74, 6) is -2.02. The molecule has 0 saturated heterocycles. The summed E-state index contributed by atoms with van der Waals surface area (Å²) in [6.07, 6.45) is -1.13. The largest absolute Gasteiger partial charge is 0.451 e. The van der Waals surface area contributed by atoms with Gasteiger partial charge in [-0.2, -0.15) is 4.72 Å². The van der Waals surface area contributed by atoms with E-state index in [-0.39, 0.29) is 10.8 Å². The van der Waals surface area contributed by atoms with Gasteiger partial charge in [0.25, 0.3) is 5.91 Å². The second kappa shape index (κ2) is 7.76. The summed E-state index contributed by atoms with van der Waals surface area (Å²) >= 11 is 0. The fourth-order valence-corrected chi connectivity index (χ4v) is 3.30. The summed E-state index contributed by atoms with van der Waals surface area (Å²) in [6.45, 7) is 8.35. The van der Waals surface area contributed by atoms with E-state index in [9.17, 15) is 18.0 Å². The molecule has 0 aliphatic heterocycles. The highest BCUT2D eigenvalue weighted by atomic mass is 32.2. The molecule has 2 atom stereocenters. The van der Waals surface area contributed by atoms with E-state index >= 15 is 0 Å². The van der Waals surface area contributed by atoms with Crippen molar-refractivity contribution in [2.45, 2.75) is 51.7 Å². The summed E-state index contributed by atoms with van der Waals surface area (Å²) in [7, 11) is -3.91. The van der Waals surface area contributed by atoms with Crippen LogP contribution in [0.2, 0.25) is 0 Å². The van der Waals surface area contributed by atoms with Crippen molar-refractivity contribution in [1.82, 2.24) is 4.72 Å². The van der Waals surface area contributed by atoms with E-state index in [2.05, 4.69) is 4.72 Å². The molecule has 1 amide bonds. The lowest BCUT2D eigenvalue weighted by Gasteiger charge is -2.22. The molecule has 1 rings (SSSR count). The molecular formula is C16H24N2O5S. The number of carbonyl (C=O) groups is 2. The fourth-order valence-electron chi connectivity index (χ4n) is 1.88. The van der Waals surface area contributed by atoms with Crippen molar-refractivity contribution in [1.29, 1.82) is 0 Å². The summed E-state index contributed by atoms with van der Waals surface area (Å²) < 4.78 is 32.3. The number of sulfonamides is 1. The molecule has 134 valence electrons. The molecule has 3 N–H and O–H groups in total. The highest BCUT2D eigenvalue weighted by Gasteiger charge is 2.31. The van der Waals surface area contributed by atoms with E-state index in [1.807, 2.05) is 6.92 Å². The van der Waals surface area contributed by atoms with Gasteiger partial charge in [-0.3, -0.25) is 9.59 Å². The molecule has 0 fully saturated rings. The SMILES string of the molecule is Cc1ccc(S(=O)(=O)NC(C(=O)OC(C)C(N)=O)C(C)C)cc1C. The molecule has 0 spiro atoms. The molecule has 7 nitrogen and oxygen atoms in total. The number of primary amides is 1. The van der Waals surface area contributed by atoms with Crippen molar-refractivity contribution in [3.63, 3.8) is 0 Å². The van der Waals surface area contributed by atoms with Crippen LogP contribution in [-0.2, 0) is 24.3 Å². The minimum atomic E-state index is -3.91. The Balaban J connectivity index is 3.04. The van der Waals surface area contributed by atoms with Crippen LogP contribution in [0.15, 0.2) is 23.1 Å². The average Bonchev–Trinajstić information content (AvgIpc) is 2.46. The highest BCUT2D eigenvalue weighted by molar-refractivity contribution is 7.89. The third kappa shape index (κ3) is 5.04. The molecule has 0 aromatic heterocycles. The number of esters is 1. The first kappa shape index (κ1) is 20.1. The van der Waals surface area contributed by atoms with Crippen molar-refractivity contribution in [2.75, 3.05) is 0 Å². The second-order valence-corrected chi connectivity index (χ2v) is 7.78. The zero-order valence-corrected chi connectivity index (χ0v) is 15.3. The zero-order valence-electron chi connectivity index (χ0n) is 14.5. The molecule has 2 unspecified atom stereocenters. The van der Waals surface area contributed by atoms with Crippen LogP contribution in [0, 0.1) is 19.8 Å². The number of ether oxygens (including phenoxy) is 1.